The third kappa shape index (κ3) is 3.84. The molecule has 1 aromatic rings. The number of H-pyrrole nitrogens is 1. The highest BCUT2D eigenvalue weighted by Crippen LogP contribution is 2.13. The normalized spacial score (nSPS) is 15.3. The van der Waals surface area contributed by atoms with Gasteiger partial charge in [0, 0.05) is 23.6 Å². The molecule has 0 aliphatic heterocycles. The van der Waals surface area contributed by atoms with Crippen LogP contribution in [0.3, 0.4) is 0 Å². The maximum Gasteiger partial charge on any atom is 0.247 e. The molecule has 2 unspecified atom stereocenters. The number of aromatic nitrogens is 1. The predicted octanol–water partition coefficient (Wildman–Crippen LogP) is -0.234. The van der Waals surface area contributed by atoms with E-state index in [1.165, 1.54) is 17.8 Å². The summed E-state index contributed by atoms with van der Waals surface area (Å²) in [6.07, 6.45) is 2.94. The van der Waals surface area contributed by atoms with E-state index in [1.807, 2.05) is 0 Å². The van der Waals surface area contributed by atoms with Gasteiger partial charge in [0.25, 0.3) is 0 Å². The van der Waals surface area contributed by atoms with Crippen LogP contribution in [-0.4, -0.2) is 42.7 Å². The molecule has 102 valence electrons. The zero-order valence-electron chi connectivity index (χ0n) is 10.1. The Hall–Kier alpha value is -0.830. The van der Waals surface area contributed by atoms with Gasteiger partial charge in [0.05, 0.1) is 11.5 Å². The summed E-state index contributed by atoms with van der Waals surface area (Å²) in [7, 11) is -3.69. The lowest BCUT2D eigenvalue weighted by Gasteiger charge is -2.21. The van der Waals surface area contributed by atoms with Gasteiger partial charge in [-0.1, -0.05) is 0 Å². The monoisotopic (exact) mass is 292 g/mol. The van der Waals surface area contributed by atoms with Gasteiger partial charge in [0.15, 0.2) is 0 Å². The minimum atomic E-state index is -3.69. The van der Waals surface area contributed by atoms with E-state index in [2.05, 4.69) is 9.71 Å². The lowest BCUT2D eigenvalue weighted by molar-refractivity contribution is 0.282. The lowest BCUT2D eigenvalue weighted by Crippen LogP contribution is -2.41. The molecule has 0 saturated carbocycles. The van der Waals surface area contributed by atoms with Crippen LogP contribution in [-0.2, 0) is 10.0 Å². The number of nitrogens with one attached hydrogen (secondary N) is 2. The highest BCUT2D eigenvalue weighted by atomic mass is 32.2. The smallest absolute Gasteiger partial charge is 0.247 e. The van der Waals surface area contributed by atoms with Crippen molar-refractivity contribution in [2.24, 2.45) is 0 Å². The second kappa shape index (κ2) is 6.37. The molecular weight excluding hydrogens is 276 g/mol. The minimum absolute atomic E-state index is 0.00765. The second-order valence-corrected chi connectivity index (χ2v) is 6.55. The molecule has 2 atom stereocenters. The molecule has 1 aromatic heterocycles. The average Bonchev–Trinajstić information content (AvgIpc) is 2.30. The molecule has 0 amide bonds. The summed E-state index contributed by atoms with van der Waals surface area (Å²) < 4.78 is 26.4. The van der Waals surface area contributed by atoms with Gasteiger partial charge in [0.1, 0.15) is 0 Å². The molecular formula is C10H16N2O4S2. The predicted molar refractivity (Wildman–Crippen MR) is 71.2 cm³/mol. The van der Waals surface area contributed by atoms with Gasteiger partial charge in [-0.05, 0) is 19.2 Å². The van der Waals surface area contributed by atoms with E-state index in [9.17, 15) is 13.2 Å². The Kier molecular flexibility index (Phi) is 5.39. The number of pyridine rings is 1. The fraction of sp³-hybridized carbons (Fsp3) is 0.500. The van der Waals surface area contributed by atoms with Crippen LogP contribution in [0.1, 0.15) is 6.92 Å². The maximum absolute atomic E-state index is 12.0. The molecule has 6 nitrogen and oxygen atoms in total. The van der Waals surface area contributed by atoms with Crippen LogP contribution in [0.25, 0.3) is 0 Å². The van der Waals surface area contributed by atoms with E-state index >= 15 is 0 Å². The molecule has 0 aliphatic rings. The fourth-order valence-corrected chi connectivity index (χ4v) is 3.35. The summed E-state index contributed by atoms with van der Waals surface area (Å²) in [5.74, 6) is 0. The van der Waals surface area contributed by atoms with Crippen molar-refractivity contribution in [1.82, 2.24) is 9.71 Å². The molecule has 0 radical (unpaired) electrons. The lowest BCUT2D eigenvalue weighted by atomic mass is 10.3. The summed E-state index contributed by atoms with van der Waals surface area (Å²) in [5.41, 5.74) is -0.362. The number of aromatic amines is 1. The molecule has 18 heavy (non-hydrogen) atoms. The number of aliphatic hydroxyl groups excluding tert-OH is 1. The maximum atomic E-state index is 12.0. The first-order valence-electron chi connectivity index (χ1n) is 5.25. The number of aliphatic hydroxyl groups is 1. The summed E-state index contributed by atoms with van der Waals surface area (Å²) in [6, 6.07) is 1.97. The standard InChI is InChI=1S/C10H16N2O4S2/c1-7(9(6-13)17-2)12-18(15,16)8-3-4-10(14)11-5-8/h3-5,7,9,12-13H,6H2,1-2H3,(H,11,14). The fourth-order valence-electron chi connectivity index (χ4n) is 1.39. The number of thioether (sulfide) groups is 1. The summed E-state index contributed by atoms with van der Waals surface area (Å²) in [4.78, 5) is 13.2. The van der Waals surface area contributed by atoms with Crippen LogP contribution in [0.4, 0.5) is 0 Å². The molecule has 8 heteroatoms. The largest absolute Gasteiger partial charge is 0.395 e. The number of hydrogen-bond donors (Lipinski definition) is 3. The first kappa shape index (κ1) is 15.2. The van der Waals surface area contributed by atoms with E-state index in [0.29, 0.717) is 0 Å². The van der Waals surface area contributed by atoms with Gasteiger partial charge in [-0.3, -0.25) is 4.79 Å². The van der Waals surface area contributed by atoms with Gasteiger partial charge in [-0.25, -0.2) is 13.1 Å². The van der Waals surface area contributed by atoms with Crippen LogP contribution in [0.15, 0.2) is 28.0 Å². The van der Waals surface area contributed by atoms with Gasteiger partial charge >= 0.3 is 0 Å². The topological polar surface area (TPSA) is 99.3 Å². The van der Waals surface area contributed by atoms with Crippen molar-refractivity contribution < 1.29 is 13.5 Å². The molecule has 0 aliphatic carbocycles. The Bertz CT molecular complexity index is 517. The van der Waals surface area contributed by atoms with Crippen molar-refractivity contribution in [2.45, 2.75) is 23.1 Å². The first-order chi connectivity index (χ1) is 8.40. The number of hydrogen-bond acceptors (Lipinski definition) is 5. The molecule has 3 N–H and O–H groups in total. The average molecular weight is 292 g/mol. The Balaban J connectivity index is 2.88. The van der Waals surface area contributed by atoms with Gasteiger partial charge in [0.2, 0.25) is 15.6 Å². The SMILES string of the molecule is CSC(CO)C(C)NS(=O)(=O)c1ccc(=O)[nH]c1. The van der Waals surface area contributed by atoms with Crippen molar-refractivity contribution in [3.63, 3.8) is 0 Å². The van der Waals surface area contributed by atoms with E-state index in [1.54, 1.807) is 13.2 Å². The Morgan fingerprint density at radius 1 is 1.50 bits per heavy atom. The van der Waals surface area contributed by atoms with Crippen molar-refractivity contribution >= 4 is 21.8 Å². The molecule has 0 bridgehead atoms. The number of rotatable bonds is 6. The van der Waals surface area contributed by atoms with Gasteiger partial charge in [-0.15, -0.1) is 0 Å². The number of sulfonamides is 1. The summed E-state index contributed by atoms with van der Waals surface area (Å²) in [6.45, 7) is 1.57. The van der Waals surface area contributed by atoms with Crippen molar-refractivity contribution in [3.05, 3.63) is 28.7 Å². The summed E-state index contributed by atoms with van der Waals surface area (Å²) >= 11 is 1.38. The highest BCUT2D eigenvalue weighted by Gasteiger charge is 2.22. The Morgan fingerprint density at radius 3 is 2.61 bits per heavy atom. The summed E-state index contributed by atoms with van der Waals surface area (Å²) in [5, 5.41) is 8.88. The Morgan fingerprint density at radius 2 is 2.17 bits per heavy atom. The van der Waals surface area contributed by atoms with Crippen LogP contribution in [0.5, 0.6) is 0 Å². The Labute approximate surface area is 110 Å². The van der Waals surface area contributed by atoms with Crippen LogP contribution < -0.4 is 10.3 Å². The van der Waals surface area contributed by atoms with Crippen LogP contribution in [0.2, 0.25) is 0 Å². The molecule has 0 fully saturated rings. The highest BCUT2D eigenvalue weighted by molar-refractivity contribution is 7.99. The van der Waals surface area contributed by atoms with Crippen molar-refractivity contribution in [2.75, 3.05) is 12.9 Å². The van der Waals surface area contributed by atoms with Crippen molar-refractivity contribution in [3.8, 4) is 0 Å². The molecule has 0 saturated heterocycles. The molecule has 0 spiro atoms. The minimum Gasteiger partial charge on any atom is -0.395 e. The molecule has 1 heterocycles. The second-order valence-electron chi connectivity index (χ2n) is 3.76. The van der Waals surface area contributed by atoms with E-state index < -0.39 is 16.1 Å². The first-order valence-corrected chi connectivity index (χ1v) is 8.02. The quantitative estimate of drug-likeness (QED) is 0.672. The van der Waals surface area contributed by atoms with Crippen LogP contribution in [0, 0.1) is 0 Å². The van der Waals surface area contributed by atoms with E-state index in [4.69, 9.17) is 5.11 Å². The zero-order valence-corrected chi connectivity index (χ0v) is 11.7. The third-order valence-electron chi connectivity index (χ3n) is 2.45. The molecule has 1 rings (SSSR count). The zero-order chi connectivity index (χ0) is 13.8. The van der Waals surface area contributed by atoms with Crippen LogP contribution >= 0.6 is 11.8 Å². The third-order valence-corrected chi connectivity index (χ3v) is 5.17. The van der Waals surface area contributed by atoms with Crippen molar-refractivity contribution in [1.29, 1.82) is 0 Å². The van der Waals surface area contributed by atoms with E-state index in [-0.39, 0.29) is 22.3 Å². The molecule has 0 aromatic carbocycles. The van der Waals surface area contributed by atoms with E-state index in [0.717, 1.165) is 12.3 Å². The van der Waals surface area contributed by atoms with Gasteiger partial charge in [-0.2, -0.15) is 11.8 Å². The van der Waals surface area contributed by atoms with Gasteiger partial charge < -0.3 is 10.1 Å².